The molecule has 0 saturated carbocycles. The van der Waals surface area contributed by atoms with Crippen molar-refractivity contribution in [3.05, 3.63) is 29.3 Å². The van der Waals surface area contributed by atoms with Crippen molar-refractivity contribution in [1.29, 1.82) is 0 Å². The van der Waals surface area contributed by atoms with E-state index in [0.717, 1.165) is 32.1 Å². The molecule has 0 aromatic heterocycles. The summed E-state index contributed by atoms with van der Waals surface area (Å²) < 4.78 is 5.57. The average molecular weight is 381 g/mol. The van der Waals surface area contributed by atoms with E-state index in [2.05, 4.69) is 4.99 Å². The largest absolute Gasteiger partial charge is 0.477 e. The Labute approximate surface area is 158 Å². The van der Waals surface area contributed by atoms with Gasteiger partial charge in [-0.05, 0) is 38.0 Å². The molecule has 0 saturated heterocycles. The number of carbonyl (C=O) groups excluding carboxylic acids is 1. The van der Waals surface area contributed by atoms with Crippen LogP contribution in [-0.2, 0) is 9.53 Å². The highest BCUT2D eigenvalue weighted by Gasteiger charge is 2.24. The molecule has 0 radical (unpaired) electrons. The lowest BCUT2D eigenvalue weighted by Gasteiger charge is -2.18. The first-order chi connectivity index (χ1) is 12.5. The first-order valence-electron chi connectivity index (χ1n) is 8.90. The van der Waals surface area contributed by atoms with Crippen LogP contribution >= 0.6 is 11.6 Å². The number of ketones is 1. The van der Waals surface area contributed by atoms with E-state index < -0.39 is 6.09 Å². The number of aliphatic imine (C=N–C) groups is 1. The smallest absolute Gasteiger partial charge is 0.412 e. The summed E-state index contributed by atoms with van der Waals surface area (Å²) in [6, 6.07) is 6.77. The zero-order chi connectivity index (χ0) is 18.9. The van der Waals surface area contributed by atoms with Crippen LogP contribution in [0.5, 0.6) is 0 Å². The molecule has 1 heterocycles. The van der Waals surface area contributed by atoms with Crippen LogP contribution in [0.15, 0.2) is 29.3 Å². The number of nitrogens with zero attached hydrogens (tertiary/aromatic N) is 2. The topological polar surface area (TPSA) is 79.2 Å². The molecule has 1 aromatic carbocycles. The molecule has 6 nitrogen and oxygen atoms in total. The van der Waals surface area contributed by atoms with Crippen LogP contribution in [0.1, 0.15) is 45.4 Å². The maximum Gasteiger partial charge on any atom is 0.412 e. The van der Waals surface area contributed by atoms with Crippen molar-refractivity contribution >= 4 is 35.1 Å². The molecule has 1 amide bonds. The van der Waals surface area contributed by atoms with Gasteiger partial charge in [-0.15, -0.1) is 0 Å². The molecule has 1 aliphatic heterocycles. The van der Waals surface area contributed by atoms with Gasteiger partial charge in [-0.25, -0.2) is 9.79 Å². The average Bonchev–Trinajstić information content (AvgIpc) is 3.03. The van der Waals surface area contributed by atoms with Gasteiger partial charge in [0, 0.05) is 17.1 Å². The van der Waals surface area contributed by atoms with Gasteiger partial charge in [0.25, 0.3) is 0 Å². The summed E-state index contributed by atoms with van der Waals surface area (Å²) in [6.07, 6.45) is 4.58. The number of carboxylic acid groups (broad SMARTS) is 1. The number of rotatable bonds is 10. The molecule has 7 heteroatoms. The van der Waals surface area contributed by atoms with Crippen molar-refractivity contribution in [2.45, 2.75) is 51.5 Å². The van der Waals surface area contributed by atoms with Crippen LogP contribution in [-0.4, -0.2) is 42.1 Å². The first-order valence-corrected chi connectivity index (χ1v) is 9.28. The Bertz CT molecular complexity index is 663. The molecule has 142 valence electrons. The minimum atomic E-state index is -1.08. The SMILES string of the molecule is CC(=O)CCCCCCC1COC(CN(C(=O)O)c2cccc(Cl)c2)=N1. The second-order valence-corrected chi connectivity index (χ2v) is 6.93. The predicted molar refractivity (Wildman–Crippen MR) is 102 cm³/mol. The summed E-state index contributed by atoms with van der Waals surface area (Å²) in [7, 11) is 0. The standard InChI is InChI=1S/C19H25ClN2O4/c1-14(23)7-4-2-3-5-9-16-13-26-18(21-16)12-22(19(24)25)17-10-6-8-15(20)11-17/h6,8,10-11,16H,2-5,7,9,12-13H2,1H3,(H,24,25). The summed E-state index contributed by atoms with van der Waals surface area (Å²) in [5.41, 5.74) is 0.491. The second kappa shape index (κ2) is 10.2. The predicted octanol–water partition coefficient (Wildman–Crippen LogP) is 4.55. The third-order valence-electron chi connectivity index (χ3n) is 4.23. The van der Waals surface area contributed by atoms with Crippen LogP contribution in [0.4, 0.5) is 10.5 Å². The molecule has 1 aliphatic rings. The van der Waals surface area contributed by atoms with Gasteiger partial charge < -0.3 is 14.6 Å². The molecule has 1 unspecified atom stereocenters. The van der Waals surface area contributed by atoms with Crippen molar-refractivity contribution < 1.29 is 19.4 Å². The monoisotopic (exact) mass is 380 g/mol. The fraction of sp³-hybridized carbons (Fsp3) is 0.526. The van der Waals surface area contributed by atoms with Crippen LogP contribution in [0.2, 0.25) is 5.02 Å². The van der Waals surface area contributed by atoms with E-state index in [9.17, 15) is 14.7 Å². The Morgan fingerprint density at radius 3 is 2.77 bits per heavy atom. The van der Waals surface area contributed by atoms with Crippen LogP contribution < -0.4 is 4.90 Å². The quantitative estimate of drug-likeness (QED) is 0.604. The Hall–Kier alpha value is -2.08. The molecular formula is C19H25ClN2O4. The molecule has 26 heavy (non-hydrogen) atoms. The zero-order valence-corrected chi connectivity index (χ0v) is 15.7. The summed E-state index contributed by atoms with van der Waals surface area (Å²) in [6.45, 7) is 2.19. The minimum absolute atomic E-state index is 0.0742. The second-order valence-electron chi connectivity index (χ2n) is 6.49. The molecule has 0 fully saturated rings. The number of unbranched alkanes of at least 4 members (excludes halogenated alkanes) is 3. The number of anilines is 1. The van der Waals surface area contributed by atoms with E-state index in [1.807, 2.05) is 0 Å². The van der Waals surface area contributed by atoms with Gasteiger partial charge in [-0.2, -0.15) is 0 Å². The molecule has 0 aliphatic carbocycles. The van der Waals surface area contributed by atoms with Gasteiger partial charge in [0.05, 0.1) is 6.04 Å². The normalized spacial score (nSPS) is 16.1. The lowest BCUT2D eigenvalue weighted by Crippen LogP contribution is -2.34. The van der Waals surface area contributed by atoms with Crippen molar-refractivity contribution in [1.82, 2.24) is 0 Å². The number of halogens is 1. The van der Waals surface area contributed by atoms with E-state index in [4.69, 9.17) is 16.3 Å². The number of carbonyl (C=O) groups is 2. The van der Waals surface area contributed by atoms with Crippen molar-refractivity contribution in [2.24, 2.45) is 4.99 Å². The summed E-state index contributed by atoms with van der Waals surface area (Å²) >= 11 is 5.94. The Kier molecular flexibility index (Phi) is 7.91. The van der Waals surface area contributed by atoms with Gasteiger partial charge in [0.1, 0.15) is 18.9 Å². The van der Waals surface area contributed by atoms with Gasteiger partial charge >= 0.3 is 6.09 Å². The van der Waals surface area contributed by atoms with Crippen LogP contribution in [0.3, 0.4) is 0 Å². The van der Waals surface area contributed by atoms with E-state index in [1.165, 1.54) is 4.90 Å². The van der Waals surface area contributed by atoms with Crippen LogP contribution in [0.25, 0.3) is 0 Å². The summed E-state index contributed by atoms with van der Waals surface area (Å²) in [5.74, 6) is 0.681. The van der Waals surface area contributed by atoms with Gasteiger partial charge in [0.2, 0.25) is 5.90 Å². The molecule has 1 N–H and O–H groups in total. The Morgan fingerprint density at radius 2 is 2.08 bits per heavy atom. The van der Waals surface area contributed by atoms with Gasteiger partial charge in [-0.1, -0.05) is 36.9 Å². The number of benzene rings is 1. The molecular weight excluding hydrogens is 356 g/mol. The molecule has 1 atom stereocenters. The van der Waals surface area contributed by atoms with Crippen molar-refractivity contribution in [2.75, 3.05) is 18.1 Å². The molecule has 0 spiro atoms. The first kappa shape index (κ1) is 20.2. The fourth-order valence-electron chi connectivity index (χ4n) is 2.86. The maximum absolute atomic E-state index is 11.5. The summed E-state index contributed by atoms with van der Waals surface area (Å²) in [4.78, 5) is 28.1. The third-order valence-corrected chi connectivity index (χ3v) is 4.46. The zero-order valence-electron chi connectivity index (χ0n) is 15.0. The lowest BCUT2D eigenvalue weighted by atomic mass is 10.1. The third kappa shape index (κ3) is 6.67. The maximum atomic E-state index is 11.5. The number of hydrogen-bond acceptors (Lipinski definition) is 4. The van der Waals surface area contributed by atoms with E-state index in [-0.39, 0.29) is 18.4 Å². The summed E-state index contributed by atoms with van der Waals surface area (Å²) in [5, 5.41) is 9.93. The number of ether oxygens (including phenoxy) is 1. The van der Waals surface area contributed by atoms with Crippen molar-refractivity contribution in [3.63, 3.8) is 0 Å². The molecule has 2 rings (SSSR count). The minimum Gasteiger partial charge on any atom is -0.477 e. The van der Waals surface area contributed by atoms with Gasteiger partial charge in [0.15, 0.2) is 0 Å². The Morgan fingerprint density at radius 1 is 1.31 bits per heavy atom. The number of hydrogen-bond donors (Lipinski definition) is 1. The van der Waals surface area contributed by atoms with Crippen molar-refractivity contribution in [3.8, 4) is 0 Å². The highest BCUT2D eigenvalue weighted by Crippen LogP contribution is 2.21. The van der Waals surface area contributed by atoms with E-state index in [1.54, 1.807) is 31.2 Å². The highest BCUT2D eigenvalue weighted by atomic mass is 35.5. The number of amides is 1. The fourth-order valence-corrected chi connectivity index (χ4v) is 3.05. The van der Waals surface area contributed by atoms with Gasteiger partial charge in [-0.3, -0.25) is 4.90 Å². The molecule has 1 aromatic rings. The highest BCUT2D eigenvalue weighted by molar-refractivity contribution is 6.30. The molecule has 0 bridgehead atoms. The van der Waals surface area contributed by atoms with E-state index in [0.29, 0.717) is 29.6 Å². The number of Topliss-reactive ketones (excluding diaryl/α,β-unsaturated/α-hetero) is 1. The van der Waals surface area contributed by atoms with Crippen LogP contribution in [0, 0.1) is 0 Å². The lowest BCUT2D eigenvalue weighted by molar-refractivity contribution is -0.117. The van der Waals surface area contributed by atoms with E-state index >= 15 is 0 Å². The Balaban J connectivity index is 1.80.